The van der Waals surface area contributed by atoms with Crippen LogP contribution in [-0.4, -0.2) is 17.1 Å². The number of hydrogen-bond acceptors (Lipinski definition) is 3. The summed E-state index contributed by atoms with van der Waals surface area (Å²) in [4.78, 5) is 11.5. The highest BCUT2D eigenvalue weighted by atomic mass is 35.5. The Morgan fingerprint density at radius 2 is 2.18 bits per heavy atom. The molecule has 0 aliphatic rings. The molecular weight excluding hydrogens is 240 g/mol. The minimum Gasteiger partial charge on any atom is -0.506 e. The molecule has 1 amide bonds. The van der Waals surface area contributed by atoms with Crippen LogP contribution in [0.1, 0.15) is 25.8 Å². The van der Waals surface area contributed by atoms with Crippen LogP contribution < -0.4 is 11.1 Å². The Labute approximate surface area is 108 Å². The minimum atomic E-state index is -0.184. The number of carbonyl (C=O) groups excluding carboxylic acids is 1. The van der Waals surface area contributed by atoms with Gasteiger partial charge in [0, 0.05) is 12.5 Å². The Kier molecular flexibility index (Phi) is 6.61. The molecule has 4 nitrogen and oxygen atoms in total. The van der Waals surface area contributed by atoms with Crippen molar-refractivity contribution in [3.05, 3.63) is 23.8 Å². The van der Waals surface area contributed by atoms with E-state index < -0.39 is 0 Å². The summed E-state index contributed by atoms with van der Waals surface area (Å²) in [7, 11) is 0. The third-order valence-electron chi connectivity index (χ3n) is 2.25. The van der Waals surface area contributed by atoms with Gasteiger partial charge in [-0.1, -0.05) is 13.0 Å². The summed E-state index contributed by atoms with van der Waals surface area (Å²) < 4.78 is 0. The number of aromatic hydroxyl groups is 1. The Bertz CT molecular complexity index is 381. The van der Waals surface area contributed by atoms with Crippen LogP contribution in [0.25, 0.3) is 0 Å². The van der Waals surface area contributed by atoms with Gasteiger partial charge in [-0.05, 0) is 31.0 Å². The predicted molar refractivity (Wildman–Crippen MR) is 71.6 cm³/mol. The lowest BCUT2D eigenvalue weighted by Crippen LogP contribution is -2.24. The van der Waals surface area contributed by atoms with Crippen molar-refractivity contribution in [3.63, 3.8) is 0 Å². The van der Waals surface area contributed by atoms with Gasteiger partial charge in [0.15, 0.2) is 0 Å². The summed E-state index contributed by atoms with van der Waals surface area (Å²) >= 11 is 0. The number of carbonyl (C=O) groups is 1. The van der Waals surface area contributed by atoms with Gasteiger partial charge in [-0.15, -0.1) is 12.4 Å². The van der Waals surface area contributed by atoms with E-state index in [2.05, 4.69) is 5.32 Å². The molecule has 5 heteroatoms. The molecule has 0 fully saturated rings. The summed E-state index contributed by atoms with van der Waals surface area (Å²) in [6, 6.07) is 5.00. The van der Waals surface area contributed by atoms with Crippen molar-refractivity contribution < 1.29 is 9.90 Å². The van der Waals surface area contributed by atoms with E-state index in [9.17, 15) is 9.90 Å². The molecule has 0 aliphatic heterocycles. The first kappa shape index (κ1) is 15.7. The van der Waals surface area contributed by atoms with Gasteiger partial charge in [0.1, 0.15) is 5.75 Å². The molecule has 4 N–H and O–H groups in total. The minimum absolute atomic E-state index is 0. The third kappa shape index (κ3) is 5.06. The summed E-state index contributed by atoms with van der Waals surface area (Å²) in [6.45, 7) is 3.78. The molecule has 1 rings (SSSR count). The van der Waals surface area contributed by atoms with Crippen LogP contribution in [-0.2, 0) is 11.2 Å². The van der Waals surface area contributed by atoms with Crippen molar-refractivity contribution in [3.8, 4) is 5.75 Å². The zero-order valence-electron chi connectivity index (χ0n) is 10.1. The number of anilines is 1. The van der Waals surface area contributed by atoms with Crippen LogP contribution in [0.15, 0.2) is 18.2 Å². The fourth-order valence-electron chi connectivity index (χ4n) is 1.40. The number of aryl methyl sites for hydroxylation is 1. The second-order valence-electron chi connectivity index (χ2n) is 3.93. The SMILES string of the molecule is CCc1ccc(O)c(NC(=O)CC(C)N)c1.Cl. The molecule has 1 aromatic carbocycles. The summed E-state index contributed by atoms with van der Waals surface area (Å²) in [5, 5.41) is 12.2. The van der Waals surface area contributed by atoms with Crippen LogP contribution >= 0.6 is 12.4 Å². The zero-order chi connectivity index (χ0) is 12.1. The van der Waals surface area contributed by atoms with E-state index in [1.165, 1.54) is 0 Å². The van der Waals surface area contributed by atoms with Crippen molar-refractivity contribution >= 4 is 24.0 Å². The highest BCUT2D eigenvalue weighted by Gasteiger charge is 2.08. The average molecular weight is 259 g/mol. The van der Waals surface area contributed by atoms with Gasteiger partial charge < -0.3 is 16.2 Å². The van der Waals surface area contributed by atoms with Crippen LogP contribution in [0.2, 0.25) is 0 Å². The zero-order valence-corrected chi connectivity index (χ0v) is 10.9. The lowest BCUT2D eigenvalue weighted by molar-refractivity contribution is -0.116. The van der Waals surface area contributed by atoms with E-state index in [-0.39, 0.29) is 36.5 Å². The Morgan fingerprint density at radius 1 is 1.53 bits per heavy atom. The molecule has 0 saturated carbocycles. The first-order valence-corrected chi connectivity index (χ1v) is 5.40. The summed E-state index contributed by atoms with van der Waals surface area (Å²) in [6.07, 6.45) is 1.10. The first-order chi connectivity index (χ1) is 7.52. The van der Waals surface area contributed by atoms with Crippen LogP contribution in [0.3, 0.4) is 0 Å². The average Bonchev–Trinajstić information content (AvgIpc) is 2.20. The topological polar surface area (TPSA) is 75.3 Å². The van der Waals surface area contributed by atoms with Gasteiger partial charge in [-0.25, -0.2) is 0 Å². The number of phenols is 1. The van der Waals surface area contributed by atoms with E-state index in [0.717, 1.165) is 12.0 Å². The van der Waals surface area contributed by atoms with Gasteiger partial charge in [0.25, 0.3) is 0 Å². The Morgan fingerprint density at radius 3 is 2.71 bits per heavy atom. The third-order valence-corrected chi connectivity index (χ3v) is 2.25. The molecule has 96 valence electrons. The number of nitrogens with two attached hydrogens (primary N) is 1. The molecule has 0 saturated heterocycles. The maximum atomic E-state index is 11.5. The van der Waals surface area contributed by atoms with E-state index in [1.54, 1.807) is 19.1 Å². The predicted octanol–water partition coefficient (Wildman–Crippen LogP) is 2.05. The standard InChI is InChI=1S/C12H18N2O2.ClH/c1-3-9-4-5-11(15)10(7-9)14-12(16)6-8(2)13;/h4-5,7-8,15H,3,6,13H2,1-2H3,(H,14,16);1H. The monoisotopic (exact) mass is 258 g/mol. The lowest BCUT2D eigenvalue weighted by Gasteiger charge is -2.10. The second kappa shape index (κ2) is 7.14. The second-order valence-corrected chi connectivity index (χ2v) is 3.93. The highest BCUT2D eigenvalue weighted by molar-refractivity contribution is 5.92. The van der Waals surface area contributed by atoms with E-state index in [0.29, 0.717) is 5.69 Å². The fourth-order valence-corrected chi connectivity index (χ4v) is 1.40. The first-order valence-electron chi connectivity index (χ1n) is 5.40. The number of halogens is 1. The maximum Gasteiger partial charge on any atom is 0.226 e. The van der Waals surface area contributed by atoms with E-state index >= 15 is 0 Å². The lowest BCUT2D eigenvalue weighted by atomic mass is 10.1. The quantitative estimate of drug-likeness (QED) is 0.724. The molecule has 0 aliphatic carbocycles. The number of hydrogen-bond donors (Lipinski definition) is 3. The number of benzene rings is 1. The number of nitrogens with one attached hydrogen (secondary N) is 1. The largest absolute Gasteiger partial charge is 0.506 e. The smallest absolute Gasteiger partial charge is 0.226 e. The van der Waals surface area contributed by atoms with Gasteiger partial charge in [-0.2, -0.15) is 0 Å². The van der Waals surface area contributed by atoms with E-state index in [4.69, 9.17) is 5.73 Å². The summed E-state index contributed by atoms with van der Waals surface area (Å²) in [5.74, 6) is -0.103. The molecule has 0 bridgehead atoms. The van der Waals surface area contributed by atoms with Crippen molar-refractivity contribution in [1.29, 1.82) is 0 Å². The normalized spacial score (nSPS) is 11.5. The van der Waals surface area contributed by atoms with E-state index in [1.807, 2.05) is 13.0 Å². The van der Waals surface area contributed by atoms with Gasteiger partial charge >= 0.3 is 0 Å². The molecule has 0 radical (unpaired) electrons. The van der Waals surface area contributed by atoms with Crippen LogP contribution in [0, 0.1) is 0 Å². The number of phenolic OH excluding ortho intramolecular Hbond substituents is 1. The molecule has 0 heterocycles. The molecule has 0 spiro atoms. The number of amides is 1. The van der Waals surface area contributed by atoms with Crippen LogP contribution in [0.4, 0.5) is 5.69 Å². The van der Waals surface area contributed by atoms with Crippen molar-refractivity contribution in [2.45, 2.75) is 32.7 Å². The van der Waals surface area contributed by atoms with Crippen molar-refractivity contribution in [2.24, 2.45) is 5.73 Å². The van der Waals surface area contributed by atoms with Crippen LogP contribution in [0.5, 0.6) is 5.75 Å². The Balaban J connectivity index is 0.00000256. The van der Waals surface area contributed by atoms with Crippen molar-refractivity contribution in [2.75, 3.05) is 5.32 Å². The summed E-state index contributed by atoms with van der Waals surface area (Å²) in [5.41, 5.74) is 7.03. The number of rotatable bonds is 4. The molecule has 17 heavy (non-hydrogen) atoms. The fraction of sp³-hybridized carbons (Fsp3) is 0.417. The molecule has 1 atom stereocenters. The highest BCUT2D eigenvalue weighted by Crippen LogP contribution is 2.24. The van der Waals surface area contributed by atoms with Gasteiger partial charge in [0.2, 0.25) is 5.91 Å². The van der Waals surface area contributed by atoms with Gasteiger partial charge in [0.05, 0.1) is 5.69 Å². The maximum absolute atomic E-state index is 11.5. The molecular formula is C12H19ClN2O2. The molecule has 1 unspecified atom stereocenters. The Hall–Kier alpha value is -1.26. The van der Waals surface area contributed by atoms with Gasteiger partial charge in [-0.3, -0.25) is 4.79 Å². The molecule has 1 aromatic rings. The molecule has 0 aromatic heterocycles. The van der Waals surface area contributed by atoms with Crippen molar-refractivity contribution in [1.82, 2.24) is 0 Å².